The third kappa shape index (κ3) is 4.24. The number of likely N-dealkylation sites (tertiary alicyclic amines) is 1. The number of aryl methyl sites for hydroxylation is 1. The maximum Gasteiger partial charge on any atom is 0.251 e. The second kappa shape index (κ2) is 9.64. The Hall–Kier alpha value is -3.48. The second-order valence-corrected chi connectivity index (χ2v) is 9.18. The lowest BCUT2D eigenvalue weighted by Gasteiger charge is -2.29. The lowest BCUT2D eigenvalue weighted by Crippen LogP contribution is -2.37. The van der Waals surface area contributed by atoms with Crippen LogP contribution in [0.4, 0.5) is 0 Å². The van der Waals surface area contributed by atoms with Crippen LogP contribution < -0.4 is 5.32 Å². The molecule has 4 aromatic rings. The first-order valence-corrected chi connectivity index (χ1v) is 12.4. The second-order valence-electron chi connectivity index (χ2n) is 9.18. The average Bonchev–Trinajstić information content (AvgIpc) is 3.53. The summed E-state index contributed by atoms with van der Waals surface area (Å²) in [5, 5.41) is 15.5. The van der Waals surface area contributed by atoms with Gasteiger partial charge in [-0.25, -0.2) is 4.98 Å². The van der Waals surface area contributed by atoms with Crippen LogP contribution in [0.1, 0.15) is 47.6 Å². The van der Waals surface area contributed by atoms with Crippen LogP contribution in [-0.2, 0) is 12.1 Å². The first-order valence-electron chi connectivity index (χ1n) is 12.4. The van der Waals surface area contributed by atoms with Crippen molar-refractivity contribution in [3.63, 3.8) is 0 Å². The normalized spacial score (nSPS) is 16.6. The quantitative estimate of drug-likeness (QED) is 0.427. The Bertz CT molecular complexity index is 1280. The molecule has 1 atom stereocenters. The molecule has 1 amide bonds. The largest absolute Gasteiger partial charge is 0.373 e. The van der Waals surface area contributed by atoms with Crippen molar-refractivity contribution < 1.29 is 9.90 Å². The summed E-state index contributed by atoms with van der Waals surface area (Å²) in [6.45, 7) is 7.70. The van der Waals surface area contributed by atoms with Gasteiger partial charge in [-0.05, 0) is 49.2 Å². The van der Waals surface area contributed by atoms with Gasteiger partial charge < -0.3 is 19.9 Å². The minimum Gasteiger partial charge on any atom is -0.373 e. The van der Waals surface area contributed by atoms with E-state index in [4.69, 9.17) is 4.98 Å². The van der Waals surface area contributed by atoms with E-state index in [9.17, 15) is 9.90 Å². The smallest absolute Gasteiger partial charge is 0.251 e. The van der Waals surface area contributed by atoms with Crippen LogP contribution in [0.5, 0.6) is 0 Å². The number of likely N-dealkylation sites (N-methyl/N-ethyl adjacent to an activating group) is 1. The summed E-state index contributed by atoms with van der Waals surface area (Å²) in [7, 11) is 0. The lowest BCUT2D eigenvalue weighted by atomic mass is 9.85. The Morgan fingerprint density at radius 1 is 1.00 bits per heavy atom. The number of carbonyl (C=O) groups is 1. The molecule has 180 valence electrons. The van der Waals surface area contributed by atoms with Crippen LogP contribution in [0.2, 0.25) is 0 Å². The van der Waals surface area contributed by atoms with Gasteiger partial charge in [0.25, 0.3) is 5.91 Å². The first kappa shape index (κ1) is 23.3. The van der Waals surface area contributed by atoms with Gasteiger partial charge in [0.2, 0.25) is 0 Å². The summed E-state index contributed by atoms with van der Waals surface area (Å²) >= 11 is 0. The van der Waals surface area contributed by atoms with Crippen LogP contribution in [0.25, 0.3) is 11.0 Å². The molecule has 1 aromatic heterocycles. The third-order valence-electron chi connectivity index (χ3n) is 7.09. The van der Waals surface area contributed by atoms with Crippen molar-refractivity contribution in [1.29, 1.82) is 0 Å². The van der Waals surface area contributed by atoms with Crippen LogP contribution in [-0.4, -0.2) is 51.1 Å². The SMILES string of the molecule is CCN1CC[C@@H](NC(=O)c2ccc3nc(C(O)(c4ccccc4)c4ccccc4)n(CC)c3c2)C1. The molecule has 0 spiro atoms. The molecule has 1 fully saturated rings. The summed E-state index contributed by atoms with van der Waals surface area (Å²) in [4.78, 5) is 20.3. The van der Waals surface area contributed by atoms with Gasteiger partial charge in [0.1, 0.15) is 0 Å². The molecule has 35 heavy (non-hydrogen) atoms. The van der Waals surface area contributed by atoms with E-state index < -0.39 is 5.60 Å². The Morgan fingerprint density at radius 2 is 1.66 bits per heavy atom. The number of nitrogens with zero attached hydrogens (tertiary/aromatic N) is 3. The molecule has 0 bridgehead atoms. The predicted octanol–water partition coefficient (Wildman–Crippen LogP) is 4.16. The maximum atomic E-state index is 13.1. The molecule has 1 aliphatic rings. The van der Waals surface area contributed by atoms with E-state index in [-0.39, 0.29) is 11.9 Å². The Balaban J connectivity index is 1.57. The monoisotopic (exact) mass is 468 g/mol. The number of hydrogen-bond acceptors (Lipinski definition) is 4. The number of imidazole rings is 1. The van der Waals surface area contributed by atoms with Gasteiger partial charge in [0, 0.05) is 31.2 Å². The van der Waals surface area contributed by atoms with E-state index >= 15 is 0 Å². The lowest BCUT2D eigenvalue weighted by molar-refractivity contribution is 0.0938. The topological polar surface area (TPSA) is 70.4 Å². The Labute approximate surface area is 206 Å². The fourth-order valence-corrected chi connectivity index (χ4v) is 5.15. The zero-order valence-electron chi connectivity index (χ0n) is 20.3. The van der Waals surface area contributed by atoms with Gasteiger partial charge in [-0.15, -0.1) is 0 Å². The summed E-state index contributed by atoms with van der Waals surface area (Å²) in [5.41, 5.74) is 2.25. The van der Waals surface area contributed by atoms with Crippen molar-refractivity contribution in [2.24, 2.45) is 0 Å². The number of nitrogens with one attached hydrogen (secondary N) is 1. The van der Waals surface area contributed by atoms with Gasteiger partial charge in [-0.2, -0.15) is 0 Å². The highest BCUT2D eigenvalue weighted by Gasteiger charge is 2.38. The van der Waals surface area contributed by atoms with Crippen molar-refractivity contribution in [1.82, 2.24) is 19.8 Å². The van der Waals surface area contributed by atoms with Crippen molar-refractivity contribution in [2.75, 3.05) is 19.6 Å². The molecule has 1 aliphatic heterocycles. The van der Waals surface area contributed by atoms with Crippen LogP contribution in [0.3, 0.4) is 0 Å². The summed E-state index contributed by atoms with van der Waals surface area (Å²) in [5.74, 6) is 0.473. The van der Waals surface area contributed by atoms with Crippen molar-refractivity contribution in [3.8, 4) is 0 Å². The van der Waals surface area contributed by atoms with Crippen LogP contribution in [0, 0.1) is 0 Å². The van der Waals surface area contributed by atoms with E-state index in [1.807, 2.05) is 90.4 Å². The number of hydrogen-bond donors (Lipinski definition) is 2. The van der Waals surface area contributed by atoms with Gasteiger partial charge >= 0.3 is 0 Å². The average molecular weight is 469 g/mol. The van der Waals surface area contributed by atoms with E-state index in [1.165, 1.54) is 0 Å². The molecule has 0 unspecified atom stereocenters. The molecule has 2 N–H and O–H groups in total. The number of fused-ring (bicyclic) bond motifs is 1. The highest BCUT2D eigenvalue weighted by Crippen LogP contribution is 2.37. The van der Waals surface area contributed by atoms with Crippen LogP contribution in [0.15, 0.2) is 78.9 Å². The standard InChI is InChI=1S/C29H32N4O2/c1-3-32-18-17-24(20-32)30-27(34)21-15-16-25-26(19-21)33(4-2)28(31-25)29(35,22-11-7-5-8-12-22)23-13-9-6-10-14-23/h5-16,19,24,35H,3-4,17-18,20H2,1-2H3,(H,30,34)/t24-/m1/s1. The van der Waals surface area contributed by atoms with E-state index in [0.717, 1.165) is 48.2 Å². The van der Waals surface area contributed by atoms with Crippen molar-refractivity contribution in [2.45, 2.75) is 38.5 Å². The Morgan fingerprint density at radius 3 is 2.23 bits per heavy atom. The Kier molecular flexibility index (Phi) is 6.41. The number of amides is 1. The van der Waals surface area contributed by atoms with Crippen molar-refractivity contribution in [3.05, 3.63) is 101 Å². The van der Waals surface area contributed by atoms with E-state index in [2.05, 4.69) is 17.1 Å². The zero-order chi connectivity index (χ0) is 24.4. The number of aliphatic hydroxyl groups is 1. The fourth-order valence-electron chi connectivity index (χ4n) is 5.15. The molecule has 0 aliphatic carbocycles. The molecule has 5 rings (SSSR count). The minimum absolute atomic E-state index is 0.0679. The highest BCUT2D eigenvalue weighted by atomic mass is 16.3. The number of carbonyl (C=O) groups excluding carboxylic acids is 1. The summed E-state index contributed by atoms with van der Waals surface area (Å²) in [6, 6.07) is 25.0. The predicted molar refractivity (Wildman–Crippen MR) is 138 cm³/mol. The summed E-state index contributed by atoms with van der Waals surface area (Å²) < 4.78 is 2.01. The van der Waals surface area contributed by atoms with Crippen LogP contribution >= 0.6 is 0 Å². The molecule has 1 saturated heterocycles. The van der Waals surface area contributed by atoms with Gasteiger partial charge in [-0.1, -0.05) is 67.6 Å². The van der Waals surface area contributed by atoms with Gasteiger partial charge in [-0.3, -0.25) is 4.79 Å². The number of benzene rings is 3. The molecule has 0 radical (unpaired) electrons. The molecular weight excluding hydrogens is 436 g/mol. The number of rotatable bonds is 7. The van der Waals surface area contributed by atoms with E-state index in [1.54, 1.807) is 0 Å². The number of aromatic nitrogens is 2. The van der Waals surface area contributed by atoms with Gasteiger partial charge in [0.05, 0.1) is 11.0 Å². The zero-order valence-corrected chi connectivity index (χ0v) is 20.3. The molecule has 3 aromatic carbocycles. The molecule has 6 heteroatoms. The molecule has 6 nitrogen and oxygen atoms in total. The van der Waals surface area contributed by atoms with Gasteiger partial charge in [0.15, 0.2) is 11.4 Å². The third-order valence-corrected chi connectivity index (χ3v) is 7.09. The van der Waals surface area contributed by atoms with E-state index in [0.29, 0.717) is 17.9 Å². The fraction of sp³-hybridized carbons (Fsp3) is 0.310. The minimum atomic E-state index is -1.44. The van der Waals surface area contributed by atoms with Crippen molar-refractivity contribution >= 4 is 16.9 Å². The first-order chi connectivity index (χ1) is 17.0. The highest BCUT2D eigenvalue weighted by molar-refractivity contribution is 5.97. The molecular formula is C29H32N4O2. The molecule has 0 saturated carbocycles. The molecule has 2 heterocycles. The summed E-state index contributed by atoms with van der Waals surface area (Å²) in [6.07, 6.45) is 0.972. The maximum absolute atomic E-state index is 13.1.